The van der Waals surface area contributed by atoms with Crippen molar-refractivity contribution in [3.05, 3.63) is 0 Å². The highest BCUT2D eigenvalue weighted by molar-refractivity contribution is 5.64. The molecule has 6 nitrogen and oxygen atoms in total. The molecule has 0 aliphatic rings. The molecule has 0 unspecified atom stereocenters. The summed E-state index contributed by atoms with van der Waals surface area (Å²) < 4.78 is 0. The molecular formula is C8H14N2O4-2. The van der Waals surface area contributed by atoms with Crippen LogP contribution in [0, 0.1) is 0 Å². The Labute approximate surface area is 82.3 Å². The molecule has 0 amide bonds. The molecule has 0 saturated heterocycles. The van der Waals surface area contributed by atoms with Gasteiger partial charge in [-0.05, 0) is 12.8 Å². The second-order valence-electron chi connectivity index (χ2n) is 2.74. The molecule has 0 aromatic carbocycles. The predicted octanol–water partition coefficient (Wildman–Crippen LogP) is -3.55. The van der Waals surface area contributed by atoms with Crippen LogP contribution >= 0.6 is 0 Å². The quantitative estimate of drug-likeness (QED) is 0.375. The summed E-state index contributed by atoms with van der Waals surface area (Å²) in [6, 6.07) is 0. The molecule has 0 fully saturated rings. The number of carboxylic acid groups (broad SMARTS) is 2. The maximum Gasteiger partial charge on any atom is 0.0426 e. The van der Waals surface area contributed by atoms with E-state index in [1.165, 1.54) is 0 Å². The average molecular weight is 202 g/mol. The van der Waals surface area contributed by atoms with Crippen molar-refractivity contribution in [1.29, 1.82) is 0 Å². The SMILES string of the molecule is O=C([O-])CCNCCNCCC(=O)[O-]. The summed E-state index contributed by atoms with van der Waals surface area (Å²) in [5.41, 5.74) is 0. The Morgan fingerprint density at radius 3 is 1.43 bits per heavy atom. The van der Waals surface area contributed by atoms with Gasteiger partial charge < -0.3 is 30.4 Å². The molecular weight excluding hydrogens is 188 g/mol. The van der Waals surface area contributed by atoms with Crippen molar-refractivity contribution in [2.75, 3.05) is 26.2 Å². The molecule has 0 aromatic rings. The van der Waals surface area contributed by atoms with Gasteiger partial charge in [-0.1, -0.05) is 0 Å². The zero-order chi connectivity index (χ0) is 10.8. The predicted molar refractivity (Wildman–Crippen MR) is 45.0 cm³/mol. The third-order valence-electron chi connectivity index (χ3n) is 1.49. The summed E-state index contributed by atoms with van der Waals surface area (Å²) in [6.45, 7) is 1.93. The summed E-state index contributed by atoms with van der Waals surface area (Å²) in [5.74, 6) is -2.16. The second kappa shape index (κ2) is 8.46. The minimum atomic E-state index is -1.08. The molecule has 0 atom stereocenters. The Morgan fingerprint density at radius 1 is 0.786 bits per heavy atom. The van der Waals surface area contributed by atoms with E-state index in [1.807, 2.05) is 0 Å². The van der Waals surface area contributed by atoms with Crippen molar-refractivity contribution in [2.45, 2.75) is 12.8 Å². The molecule has 0 bridgehead atoms. The molecule has 0 rings (SSSR count). The summed E-state index contributed by atoms with van der Waals surface area (Å²) >= 11 is 0. The topological polar surface area (TPSA) is 104 Å². The van der Waals surface area contributed by atoms with Gasteiger partial charge in [0.15, 0.2) is 0 Å². The standard InChI is InChI=1S/C8H16N2O4/c11-7(12)1-3-9-5-6-10-4-2-8(13)14/h9-10H,1-6H2,(H,11,12)(H,13,14)/p-2. The first-order valence-electron chi connectivity index (χ1n) is 4.44. The van der Waals surface area contributed by atoms with Gasteiger partial charge in [-0.25, -0.2) is 0 Å². The van der Waals surface area contributed by atoms with Crippen molar-refractivity contribution in [2.24, 2.45) is 0 Å². The Morgan fingerprint density at radius 2 is 1.14 bits per heavy atom. The second-order valence-corrected chi connectivity index (χ2v) is 2.74. The van der Waals surface area contributed by atoms with Gasteiger partial charge in [0.05, 0.1) is 0 Å². The third-order valence-corrected chi connectivity index (χ3v) is 1.49. The fourth-order valence-corrected chi connectivity index (χ4v) is 0.808. The Bertz CT molecular complexity index is 164. The minimum absolute atomic E-state index is 0.0148. The van der Waals surface area contributed by atoms with Crippen LogP contribution in [0.15, 0.2) is 0 Å². The zero-order valence-electron chi connectivity index (χ0n) is 7.88. The number of hydrogen-bond donors (Lipinski definition) is 2. The first-order valence-corrected chi connectivity index (χ1v) is 4.44. The van der Waals surface area contributed by atoms with E-state index in [0.29, 0.717) is 26.2 Å². The van der Waals surface area contributed by atoms with Crippen LogP contribution in [-0.2, 0) is 9.59 Å². The van der Waals surface area contributed by atoms with Crippen LogP contribution in [0.5, 0.6) is 0 Å². The van der Waals surface area contributed by atoms with E-state index in [9.17, 15) is 19.8 Å². The van der Waals surface area contributed by atoms with E-state index in [2.05, 4.69) is 10.6 Å². The molecule has 0 aliphatic carbocycles. The summed E-state index contributed by atoms with van der Waals surface area (Å²) in [6.07, 6.45) is -0.0297. The summed E-state index contributed by atoms with van der Waals surface area (Å²) in [5, 5.41) is 25.7. The minimum Gasteiger partial charge on any atom is -0.550 e. The van der Waals surface area contributed by atoms with Crippen LogP contribution in [-0.4, -0.2) is 38.1 Å². The smallest absolute Gasteiger partial charge is 0.0426 e. The molecule has 0 aliphatic heterocycles. The van der Waals surface area contributed by atoms with Crippen molar-refractivity contribution in [3.8, 4) is 0 Å². The molecule has 82 valence electrons. The molecule has 0 spiro atoms. The van der Waals surface area contributed by atoms with Crippen LogP contribution in [0.25, 0.3) is 0 Å². The van der Waals surface area contributed by atoms with Gasteiger partial charge >= 0.3 is 0 Å². The van der Waals surface area contributed by atoms with Crippen LogP contribution in [0.1, 0.15) is 12.8 Å². The van der Waals surface area contributed by atoms with Gasteiger partial charge in [0, 0.05) is 38.1 Å². The van der Waals surface area contributed by atoms with Crippen molar-refractivity contribution in [1.82, 2.24) is 10.6 Å². The summed E-state index contributed by atoms with van der Waals surface area (Å²) in [4.78, 5) is 19.9. The first kappa shape index (κ1) is 12.9. The fraction of sp³-hybridized carbons (Fsp3) is 0.750. The van der Waals surface area contributed by atoms with Gasteiger partial charge in [-0.2, -0.15) is 0 Å². The number of aliphatic carboxylic acids is 2. The lowest BCUT2D eigenvalue weighted by molar-refractivity contribution is -0.306. The number of carbonyl (C=O) groups excluding carboxylic acids is 2. The van der Waals surface area contributed by atoms with Crippen LogP contribution in [0.2, 0.25) is 0 Å². The highest BCUT2D eigenvalue weighted by Crippen LogP contribution is 1.72. The molecule has 2 N–H and O–H groups in total. The lowest BCUT2D eigenvalue weighted by Crippen LogP contribution is -2.33. The third kappa shape index (κ3) is 10.9. The monoisotopic (exact) mass is 202 g/mol. The van der Waals surface area contributed by atoms with Crippen LogP contribution < -0.4 is 20.8 Å². The molecule has 0 radical (unpaired) electrons. The van der Waals surface area contributed by atoms with E-state index >= 15 is 0 Å². The van der Waals surface area contributed by atoms with E-state index in [0.717, 1.165) is 0 Å². The highest BCUT2D eigenvalue weighted by Gasteiger charge is 1.89. The normalized spacial score (nSPS) is 10.0. The molecule has 0 heterocycles. The summed E-state index contributed by atoms with van der Waals surface area (Å²) in [7, 11) is 0. The van der Waals surface area contributed by atoms with Crippen molar-refractivity contribution < 1.29 is 19.8 Å². The van der Waals surface area contributed by atoms with E-state index in [-0.39, 0.29) is 12.8 Å². The largest absolute Gasteiger partial charge is 0.550 e. The Hall–Kier alpha value is -1.14. The maximum atomic E-state index is 9.97. The first-order chi connectivity index (χ1) is 6.63. The molecule has 0 saturated carbocycles. The Kier molecular flexibility index (Phi) is 7.77. The zero-order valence-corrected chi connectivity index (χ0v) is 7.88. The van der Waals surface area contributed by atoms with E-state index in [1.54, 1.807) is 0 Å². The lowest BCUT2D eigenvalue weighted by atomic mass is 10.4. The number of nitrogens with one attached hydrogen (secondary N) is 2. The van der Waals surface area contributed by atoms with Gasteiger partial charge in [-0.15, -0.1) is 0 Å². The van der Waals surface area contributed by atoms with Crippen molar-refractivity contribution in [3.63, 3.8) is 0 Å². The number of carbonyl (C=O) groups is 2. The highest BCUT2D eigenvalue weighted by atomic mass is 16.4. The van der Waals surface area contributed by atoms with E-state index < -0.39 is 11.9 Å². The van der Waals surface area contributed by atoms with Gasteiger partial charge in [0.25, 0.3) is 0 Å². The fourth-order valence-electron chi connectivity index (χ4n) is 0.808. The number of hydrogen-bond acceptors (Lipinski definition) is 6. The lowest BCUT2D eigenvalue weighted by Gasteiger charge is -2.07. The van der Waals surface area contributed by atoms with E-state index in [4.69, 9.17) is 0 Å². The molecule has 14 heavy (non-hydrogen) atoms. The maximum absolute atomic E-state index is 9.97. The van der Waals surface area contributed by atoms with Crippen LogP contribution in [0.3, 0.4) is 0 Å². The molecule has 6 heteroatoms. The Balaban J connectivity index is 2.99. The van der Waals surface area contributed by atoms with Crippen LogP contribution in [0.4, 0.5) is 0 Å². The van der Waals surface area contributed by atoms with Gasteiger partial charge in [0.1, 0.15) is 0 Å². The van der Waals surface area contributed by atoms with Gasteiger partial charge in [-0.3, -0.25) is 0 Å². The van der Waals surface area contributed by atoms with Crippen molar-refractivity contribution >= 4 is 11.9 Å². The van der Waals surface area contributed by atoms with Gasteiger partial charge in [0.2, 0.25) is 0 Å². The molecule has 0 aromatic heterocycles. The average Bonchev–Trinajstić information content (AvgIpc) is 2.08. The number of rotatable bonds is 9. The number of carboxylic acids is 2.